The molecular formula is C34H52O2Si3. The van der Waals surface area contributed by atoms with Crippen LogP contribution in [0.5, 0.6) is 0 Å². The maximum Gasteiger partial charge on any atom is 0.250 e. The molecule has 5 heteroatoms. The highest BCUT2D eigenvalue weighted by Gasteiger charge is 2.47. The van der Waals surface area contributed by atoms with Crippen LogP contribution in [0.15, 0.2) is 92.8 Å². The molecule has 0 aromatic heterocycles. The van der Waals surface area contributed by atoms with Crippen molar-refractivity contribution in [1.82, 2.24) is 0 Å². The summed E-state index contributed by atoms with van der Waals surface area (Å²) in [5.74, 6) is 2.74. The fourth-order valence-corrected chi connectivity index (χ4v) is 12.6. The highest BCUT2D eigenvalue weighted by atomic mass is 28.4. The maximum atomic E-state index is 6.92. The zero-order chi connectivity index (χ0) is 29.3. The molecule has 4 aliphatic rings. The fraction of sp³-hybridized carbons (Fsp3) is 0.529. The lowest BCUT2D eigenvalue weighted by atomic mass is 9.96. The molecule has 0 fully saturated rings. The van der Waals surface area contributed by atoms with Gasteiger partial charge in [0.2, 0.25) is 16.6 Å². The molecule has 212 valence electrons. The smallest absolute Gasteiger partial charge is 0.250 e. The second-order valence-electron chi connectivity index (χ2n) is 15.5. The third-order valence-corrected chi connectivity index (χ3v) is 22.7. The van der Waals surface area contributed by atoms with Crippen LogP contribution < -0.4 is 0 Å². The van der Waals surface area contributed by atoms with E-state index in [1.54, 1.807) is 10.4 Å². The summed E-state index contributed by atoms with van der Waals surface area (Å²) in [6, 6.07) is 0. The second kappa shape index (κ2) is 9.63. The minimum Gasteiger partial charge on any atom is -0.546 e. The zero-order valence-electron chi connectivity index (χ0n) is 27.1. The summed E-state index contributed by atoms with van der Waals surface area (Å²) < 4.78 is 13.8. The third kappa shape index (κ3) is 5.19. The monoisotopic (exact) mass is 576 g/mol. The Morgan fingerprint density at radius 3 is 1.23 bits per heavy atom. The van der Waals surface area contributed by atoms with E-state index in [1.165, 1.54) is 22.3 Å². The van der Waals surface area contributed by atoms with Crippen molar-refractivity contribution in [2.45, 2.75) is 105 Å². The Hall–Kier alpha value is -1.83. The summed E-state index contributed by atoms with van der Waals surface area (Å²) in [6.07, 6.45) is 18.5. The molecule has 0 N–H and O–H groups in total. The third-order valence-electron chi connectivity index (χ3n) is 10.2. The molecule has 0 heterocycles. The van der Waals surface area contributed by atoms with E-state index >= 15 is 0 Å². The van der Waals surface area contributed by atoms with Gasteiger partial charge in [-0.15, -0.1) is 0 Å². The Kier molecular flexibility index (Phi) is 7.44. The first kappa shape index (κ1) is 30.1. The molecule has 0 aliphatic heterocycles. The van der Waals surface area contributed by atoms with Crippen molar-refractivity contribution in [3.8, 4) is 0 Å². The minimum atomic E-state index is -2.05. The molecule has 2 atom stereocenters. The lowest BCUT2D eigenvalue weighted by Gasteiger charge is -2.39. The van der Waals surface area contributed by atoms with Crippen LogP contribution >= 0.6 is 0 Å². The molecule has 0 aromatic carbocycles. The predicted octanol–water partition coefficient (Wildman–Crippen LogP) is 10.5. The lowest BCUT2D eigenvalue weighted by molar-refractivity contribution is 0.354. The lowest BCUT2D eigenvalue weighted by Crippen LogP contribution is -2.41. The van der Waals surface area contributed by atoms with Gasteiger partial charge < -0.3 is 8.85 Å². The number of hydrogen-bond donors (Lipinski definition) is 0. The first-order valence-corrected chi connectivity index (χ1v) is 23.5. The summed E-state index contributed by atoms with van der Waals surface area (Å²) in [6.45, 7) is 33.1. The van der Waals surface area contributed by atoms with Crippen LogP contribution in [0.2, 0.25) is 49.4 Å². The van der Waals surface area contributed by atoms with E-state index < -0.39 is 24.7 Å². The maximum absolute atomic E-state index is 6.92. The fourth-order valence-electron chi connectivity index (χ4n) is 6.08. The first-order valence-electron chi connectivity index (χ1n) is 14.7. The number of hydrogen-bond acceptors (Lipinski definition) is 2. The van der Waals surface area contributed by atoms with E-state index in [-0.39, 0.29) is 21.9 Å². The van der Waals surface area contributed by atoms with Crippen LogP contribution in [0.4, 0.5) is 0 Å². The van der Waals surface area contributed by atoms with Crippen LogP contribution in [0, 0.1) is 11.8 Å². The molecule has 0 spiro atoms. The number of rotatable bonds is 6. The molecule has 4 aliphatic carbocycles. The number of allylic oxidation sites excluding steroid dienone is 12. The van der Waals surface area contributed by atoms with Gasteiger partial charge in [-0.3, -0.25) is 0 Å². The van der Waals surface area contributed by atoms with Gasteiger partial charge in [-0.2, -0.15) is 0 Å². The molecule has 0 saturated carbocycles. The molecular weight excluding hydrogens is 525 g/mol. The molecule has 0 radical (unpaired) electrons. The van der Waals surface area contributed by atoms with Crippen molar-refractivity contribution >= 4 is 24.7 Å². The zero-order valence-corrected chi connectivity index (χ0v) is 30.1. The average Bonchev–Trinajstić information content (AvgIpc) is 3.29. The van der Waals surface area contributed by atoms with Crippen molar-refractivity contribution in [2.24, 2.45) is 11.8 Å². The van der Waals surface area contributed by atoms with Crippen molar-refractivity contribution in [2.75, 3.05) is 0 Å². The highest BCUT2D eigenvalue weighted by Crippen LogP contribution is 2.51. The molecule has 0 aromatic rings. The second-order valence-corrected chi connectivity index (χ2v) is 29.2. The Bertz CT molecular complexity index is 1210. The Morgan fingerprint density at radius 2 is 0.923 bits per heavy atom. The normalized spacial score (nSPS) is 23.8. The van der Waals surface area contributed by atoms with E-state index in [0.717, 1.165) is 11.5 Å². The van der Waals surface area contributed by atoms with Crippen LogP contribution in [0.3, 0.4) is 0 Å². The van der Waals surface area contributed by atoms with Gasteiger partial charge >= 0.3 is 0 Å². The van der Waals surface area contributed by atoms with Gasteiger partial charge in [0.25, 0.3) is 0 Å². The highest BCUT2D eigenvalue weighted by molar-refractivity contribution is 6.92. The summed E-state index contributed by atoms with van der Waals surface area (Å²) >= 11 is 0. The molecule has 0 saturated heterocycles. The van der Waals surface area contributed by atoms with Gasteiger partial charge in [0.05, 0.1) is 23.4 Å². The van der Waals surface area contributed by atoms with Crippen molar-refractivity contribution in [3.63, 3.8) is 0 Å². The average molecular weight is 577 g/mol. The molecule has 0 bridgehead atoms. The van der Waals surface area contributed by atoms with Crippen molar-refractivity contribution < 1.29 is 8.85 Å². The summed E-state index contributed by atoms with van der Waals surface area (Å²) in [7, 11) is -5.91. The molecule has 39 heavy (non-hydrogen) atoms. The first-order chi connectivity index (χ1) is 17.7. The molecule has 2 unspecified atom stereocenters. The van der Waals surface area contributed by atoms with Crippen LogP contribution in [0.1, 0.15) is 55.4 Å². The standard InChI is InChI=1S/C34H52O2Si3/c1-23-21-27-25(17-15-19-29(27)35-38(11,12)33(3,4)5)31(23)37(9,10)32-24(2)22-28-26(32)18-16-20-30(28)36-39(13,14)34(6,7)8/h15-22,27-28H,1-14H3. The quantitative estimate of drug-likeness (QED) is 0.293. The molecule has 2 nitrogen and oxygen atoms in total. The van der Waals surface area contributed by atoms with Gasteiger partial charge in [-0.05, 0) is 83.8 Å². The van der Waals surface area contributed by atoms with E-state index in [0.29, 0.717) is 0 Å². The van der Waals surface area contributed by atoms with Crippen LogP contribution in [0.25, 0.3) is 0 Å². The minimum absolute atomic E-state index is 0.172. The SMILES string of the molecule is CC1=CC2C(O[Si](C)(C)C(C)(C)C)=CC=CC2=C1[Si](C)(C)C1=C2C=CC=C(O[Si](C)(C)C(C)(C)C)C2C=C1C. The Labute approximate surface area is 242 Å². The Morgan fingerprint density at radius 1 is 0.590 bits per heavy atom. The summed E-state index contributed by atoms with van der Waals surface area (Å²) in [5, 5.41) is 3.51. The van der Waals surface area contributed by atoms with E-state index in [1.807, 2.05) is 0 Å². The van der Waals surface area contributed by atoms with Crippen molar-refractivity contribution in [3.05, 3.63) is 92.8 Å². The molecule has 4 rings (SSSR count). The van der Waals surface area contributed by atoms with E-state index in [9.17, 15) is 0 Å². The van der Waals surface area contributed by atoms with Crippen LogP contribution in [-0.4, -0.2) is 24.7 Å². The predicted molar refractivity (Wildman–Crippen MR) is 177 cm³/mol. The summed E-state index contributed by atoms with van der Waals surface area (Å²) in [4.78, 5) is 0. The van der Waals surface area contributed by atoms with Crippen LogP contribution in [-0.2, 0) is 8.85 Å². The van der Waals surface area contributed by atoms with Gasteiger partial charge in [0.1, 0.15) is 8.07 Å². The van der Waals surface area contributed by atoms with Gasteiger partial charge in [-0.25, -0.2) is 0 Å². The Balaban J connectivity index is 1.73. The van der Waals surface area contributed by atoms with Gasteiger partial charge in [0, 0.05) is 0 Å². The topological polar surface area (TPSA) is 18.5 Å². The molecule has 0 amide bonds. The van der Waals surface area contributed by atoms with Gasteiger partial charge in [-0.1, -0.05) is 102 Å². The van der Waals surface area contributed by atoms with Gasteiger partial charge in [0.15, 0.2) is 0 Å². The largest absolute Gasteiger partial charge is 0.546 e. The van der Waals surface area contributed by atoms with E-state index in [4.69, 9.17) is 8.85 Å². The summed E-state index contributed by atoms with van der Waals surface area (Å²) in [5.41, 5.74) is 5.77. The van der Waals surface area contributed by atoms with Crippen molar-refractivity contribution in [1.29, 1.82) is 0 Å². The number of fused-ring (bicyclic) bond motifs is 2. The van der Waals surface area contributed by atoms with E-state index in [2.05, 4.69) is 143 Å².